The van der Waals surface area contributed by atoms with Gasteiger partial charge in [0.1, 0.15) is 10.0 Å². The van der Waals surface area contributed by atoms with E-state index in [0.717, 1.165) is 64.8 Å². The zero-order valence-corrected chi connectivity index (χ0v) is 20.6. The van der Waals surface area contributed by atoms with Crippen molar-refractivity contribution in [1.82, 2.24) is 10.3 Å². The molecule has 6 nitrogen and oxygen atoms in total. The predicted molar refractivity (Wildman–Crippen MR) is 139 cm³/mol. The Bertz CT molecular complexity index is 1130. The third kappa shape index (κ3) is 6.04. The molecule has 0 unspecified atom stereocenters. The molecule has 1 N–H and O–H groups in total. The fourth-order valence-corrected chi connectivity index (χ4v) is 5.06. The number of thiazole rings is 1. The Balaban J connectivity index is 1.35. The van der Waals surface area contributed by atoms with Crippen LogP contribution in [0.1, 0.15) is 34.7 Å². The topological polar surface area (TPSA) is 63.7 Å². The van der Waals surface area contributed by atoms with Crippen LogP contribution in [0, 0.1) is 0 Å². The highest BCUT2D eigenvalue weighted by atomic mass is 32.1. The second-order valence-corrected chi connectivity index (χ2v) is 9.18. The number of fused-ring (bicyclic) bond motifs is 1. The molecule has 3 aromatic rings. The largest absolute Gasteiger partial charge is 0.493 e. The number of carbonyl (C=O) groups excluding carboxylic acids is 1. The normalized spacial score (nSPS) is 13.5. The van der Waals surface area contributed by atoms with Gasteiger partial charge in [-0.1, -0.05) is 53.8 Å². The van der Waals surface area contributed by atoms with Crippen molar-refractivity contribution in [1.29, 1.82) is 0 Å². The van der Waals surface area contributed by atoms with Gasteiger partial charge < -0.3 is 19.7 Å². The lowest BCUT2D eigenvalue weighted by Gasteiger charge is -2.20. The molecule has 1 aromatic heterocycles. The lowest BCUT2D eigenvalue weighted by atomic mass is 10.1. The van der Waals surface area contributed by atoms with Gasteiger partial charge in [-0.2, -0.15) is 0 Å². The van der Waals surface area contributed by atoms with E-state index in [0.29, 0.717) is 18.8 Å². The summed E-state index contributed by atoms with van der Waals surface area (Å²) < 4.78 is 10.7. The van der Waals surface area contributed by atoms with Crippen molar-refractivity contribution in [2.45, 2.75) is 25.7 Å². The quantitative estimate of drug-likeness (QED) is 0.447. The van der Waals surface area contributed by atoms with Crippen molar-refractivity contribution in [3.05, 3.63) is 70.4 Å². The molecule has 0 saturated carbocycles. The Morgan fingerprint density at radius 3 is 2.71 bits per heavy atom. The fraction of sp³-hybridized carbons (Fsp3) is 0.333. The number of hydrogen-bond acceptors (Lipinski definition) is 6. The van der Waals surface area contributed by atoms with Crippen LogP contribution in [0.15, 0.2) is 48.5 Å². The first-order chi connectivity index (χ1) is 16.7. The first-order valence-corrected chi connectivity index (χ1v) is 12.4. The molecular weight excluding hydrogens is 446 g/mol. The lowest BCUT2D eigenvalue weighted by Crippen LogP contribution is -2.39. The molecule has 1 amide bonds. The average Bonchev–Trinajstić information content (AvgIpc) is 3.17. The maximum atomic E-state index is 13.1. The molecule has 0 fully saturated rings. The molecule has 0 radical (unpaired) electrons. The minimum absolute atomic E-state index is 0.0951. The summed E-state index contributed by atoms with van der Waals surface area (Å²) in [4.78, 5) is 19.8. The molecule has 0 bridgehead atoms. The van der Waals surface area contributed by atoms with Crippen LogP contribution in [0.25, 0.3) is 12.2 Å². The smallest absolute Gasteiger partial charge is 0.241 e. The van der Waals surface area contributed by atoms with Gasteiger partial charge in [0.05, 0.1) is 26.5 Å². The maximum absolute atomic E-state index is 13.1. The van der Waals surface area contributed by atoms with Crippen molar-refractivity contribution in [3.8, 4) is 11.5 Å². The summed E-state index contributed by atoms with van der Waals surface area (Å²) in [5, 5.41) is 5.25. The first-order valence-electron chi connectivity index (χ1n) is 11.6. The third-order valence-corrected chi connectivity index (χ3v) is 6.90. The number of hydrogen-bond donors (Lipinski definition) is 1. The molecule has 0 spiro atoms. The van der Waals surface area contributed by atoms with Gasteiger partial charge in [-0.05, 0) is 61.6 Å². The van der Waals surface area contributed by atoms with Crippen molar-refractivity contribution in [2.24, 2.45) is 0 Å². The molecule has 1 aliphatic rings. The van der Waals surface area contributed by atoms with Gasteiger partial charge in [0.2, 0.25) is 5.91 Å². The summed E-state index contributed by atoms with van der Waals surface area (Å²) in [5.41, 5.74) is 3.31. The molecule has 0 aliphatic carbocycles. The highest BCUT2D eigenvalue weighted by Gasteiger charge is 2.24. The number of rotatable bonds is 9. The molecule has 1 aliphatic heterocycles. The van der Waals surface area contributed by atoms with Crippen LogP contribution >= 0.6 is 11.3 Å². The molecule has 34 heavy (non-hydrogen) atoms. The van der Waals surface area contributed by atoms with Crippen LogP contribution in [0.4, 0.5) is 5.00 Å². The number of carbonyl (C=O) groups is 1. The number of aryl methyl sites for hydroxylation is 1. The number of methoxy groups -OCH3 is 2. The number of benzene rings is 2. The summed E-state index contributed by atoms with van der Waals surface area (Å²) >= 11 is 1.60. The molecule has 2 heterocycles. The zero-order valence-electron chi connectivity index (χ0n) is 19.8. The Kier molecular flexibility index (Phi) is 8.33. The van der Waals surface area contributed by atoms with E-state index in [1.165, 1.54) is 0 Å². The summed E-state index contributed by atoms with van der Waals surface area (Å²) in [6.45, 7) is 1.75. The van der Waals surface area contributed by atoms with E-state index in [-0.39, 0.29) is 5.91 Å². The molecule has 4 rings (SSSR count). The van der Waals surface area contributed by atoms with Crippen molar-refractivity contribution in [2.75, 3.05) is 38.8 Å². The van der Waals surface area contributed by atoms with Gasteiger partial charge in [0.25, 0.3) is 0 Å². The SMILES string of the molecule is COc1ccc(CCNCC(=O)N2CCCCc3nc(C=Cc4ccccc4)sc32)cc1OC. The van der Waals surface area contributed by atoms with Gasteiger partial charge in [-0.15, -0.1) is 0 Å². The van der Waals surface area contributed by atoms with Crippen molar-refractivity contribution in [3.63, 3.8) is 0 Å². The van der Waals surface area contributed by atoms with E-state index in [9.17, 15) is 4.79 Å². The minimum atomic E-state index is 0.0951. The fourth-order valence-electron chi connectivity index (χ4n) is 4.00. The molecule has 2 aromatic carbocycles. The third-order valence-electron chi connectivity index (χ3n) is 5.82. The Labute approximate surface area is 205 Å². The molecule has 0 saturated heterocycles. The van der Waals surface area contributed by atoms with Gasteiger partial charge in [-0.3, -0.25) is 4.79 Å². The molecule has 0 atom stereocenters. The van der Waals surface area contributed by atoms with Crippen LogP contribution in [-0.2, 0) is 17.6 Å². The predicted octanol–water partition coefficient (Wildman–Crippen LogP) is 4.83. The van der Waals surface area contributed by atoms with Gasteiger partial charge in [0.15, 0.2) is 11.5 Å². The van der Waals surface area contributed by atoms with E-state index >= 15 is 0 Å². The van der Waals surface area contributed by atoms with E-state index in [1.54, 1.807) is 25.6 Å². The Morgan fingerprint density at radius 1 is 1.09 bits per heavy atom. The first kappa shape index (κ1) is 24.0. The Hall–Kier alpha value is -3.16. The van der Waals surface area contributed by atoms with E-state index in [1.807, 2.05) is 47.4 Å². The second-order valence-electron chi connectivity index (χ2n) is 8.17. The highest BCUT2D eigenvalue weighted by Crippen LogP contribution is 2.33. The lowest BCUT2D eigenvalue weighted by molar-refractivity contribution is -0.117. The Morgan fingerprint density at radius 2 is 1.91 bits per heavy atom. The molecular formula is C27H31N3O3S. The number of ether oxygens (including phenoxy) is 2. The zero-order chi connectivity index (χ0) is 23.8. The van der Waals surface area contributed by atoms with Crippen LogP contribution in [-0.4, -0.2) is 44.7 Å². The highest BCUT2D eigenvalue weighted by molar-refractivity contribution is 7.17. The van der Waals surface area contributed by atoms with Crippen LogP contribution in [0.5, 0.6) is 11.5 Å². The van der Waals surface area contributed by atoms with Crippen LogP contribution in [0.2, 0.25) is 0 Å². The van der Waals surface area contributed by atoms with Crippen molar-refractivity contribution < 1.29 is 14.3 Å². The summed E-state index contributed by atoms with van der Waals surface area (Å²) in [7, 11) is 3.26. The van der Waals surface area contributed by atoms with Gasteiger partial charge in [-0.25, -0.2) is 4.98 Å². The number of aromatic nitrogens is 1. The number of nitrogens with one attached hydrogen (secondary N) is 1. The maximum Gasteiger partial charge on any atom is 0.241 e. The van der Waals surface area contributed by atoms with Gasteiger partial charge >= 0.3 is 0 Å². The summed E-state index contributed by atoms with van der Waals surface area (Å²) in [6, 6.07) is 16.1. The van der Waals surface area contributed by atoms with E-state index < -0.39 is 0 Å². The van der Waals surface area contributed by atoms with E-state index in [2.05, 4.69) is 23.5 Å². The van der Waals surface area contributed by atoms with Gasteiger partial charge in [0, 0.05) is 6.54 Å². The second kappa shape index (κ2) is 11.8. The molecule has 178 valence electrons. The number of amides is 1. The van der Waals surface area contributed by atoms with Crippen LogP contribution in [0.3, 0.4) is 0 Å². The summed E-state index contributed by atoms with van der Waals surface area (Å²) in [6.07, 6.45) is 7.87. The standard InChI is InChI=1S/C27H31N3O3S/c1-32-23-13-11-21(18-24(23)33-2)15-16-28-19-26(31)30-17-7-6-10-22-27(30)34-25(29-22)14-12-20-8-4-3-5-9-20/h3-5,8-9,11-14,18,28H,6-7,10,15-17,19H2,1-2H3. The van der Waals surface area contributed by atoms with E-state index in [4.69, 9.17) is 14.5 Å². The monoisotopic (exact) mass is 477 g/mol. The summed E-state index contributed by atoms with van der Waals surface area (Å²) in [5.74, 6) is 1.53. The van der Waals surface area contributed by atoms with Crippen molar-refractivity contribution >= 4 is 34.4 Å². The average molecular weight is 478 g/mol. The number of anilines is 1. The minimum Gasteiger partial charge on any atom is -0.493 e. The number of nitrogens with zero attached hydrogens (tertiary/aromatic N) is 2. The van der Waals surface area contributed by atoms with Crippen LogP contribution < -0.4 is 19.7 Å². The molecule has 7 heteroatoms.